The molecule has 1 aliphatic heterocycles. The molecule has 0 bridgehead atoms. The first kappa shape index (κ1) is 20.3. The number of aliphatic hydroxyl groups is 1. The molecule has 1 fully saturated rings. The Bertz CT molecular complexity index is 1110. The van der Waals surface area contributed by atoms with Crippen LogP contribution < -0.4 is 9.47 Å². The summed E-state index contributed by atoms with van der Waals surface area (Å²) in [5.41, 5.74) is 1.20. The maximum Gasteiger partial charge on any atom is 0.296 e. The number of ketones is 1. The number of benzene rings is 2. The van der Waals surface area contributed by atoms with Crippen LogP contribution >= 0.6 is 0 Å². The number of carbonyl (C=O) groups is 2. The first-order valence-corrected chi connectivity index (χ1v) is 9.62. The number of nitrogens with zero attached hydrogens (tertiary/aromatic N) is 1. The summed E-state index contributed by atoms with van der Waals surface area (Å²) >= 11 is 0. The van der Waals surface area contributed by atoms with Crippen LogP contribution in [0.2, 0.25) is 0 Å². The molecule has 7 nitrogen and oxygen atoms in total. The fourth-order valence-corrected chi connectivity index (χ4v) is 3.62. The van der Waals surface area contributed by atoms with Gasteiger partial charge in [-0.3, -0.25) is 9.59 Å². The highest BCUT2D eigenvalue weighted by Crippen LogP contribution is 2.40. The standard InChI is InChI=1S/C24H21NO6/c1-29-17-9-5-15(6-10-17)14-25-21(19-4-3-13-31-19)20(23(27)24(25)28)22(26)16-7-11-18(30-2)12-8-16/h3-13,21,26H,14H2,1-2H3/b22-20-. The number of likely N-dealkylation sites (tertiary alicyclic amines) is 1. The van der Waals surface area contributed by atoms with Crippen LogP contribution in [0.5, 0.6) is 11.5 Å². The van der Waals surface area contributed by atoms with E-state index in [2.05, 4.69) is 0 Å². The molecule has 1 aliphatic rings. The summed E-state index contributed by atoms with van der Waals surface area (Å²) in [6, 6.07) is 16.3. The molecule has 0 aliphatic carbocycles. The molecule has 31 heavy (non-hydrogen) atoms. The van der Waals surface area contributed by atoms with E-state index in [1.54, 1.807) is 55.6 Å². The summed E-state index contributed by atoms with van der Waals surface area (Å²) in [6.45, 7) is 0.166. The quantitative estimate of drug-likeness (QED) is 0.370. The van der Waals surface area contributed by atoms with Gasteiger partial charge in [0, 0.05) is 12.1 Å². The number of amides is 1. The highest BCUT2D eigenvalue weighted by atomic mass is 16.5. The third-order valence-corrected chi connectivity index (χ3v) is 5.23. The molecule has 4 rings (SSSR count). The molecule has 0 radical (unpaired) electrons. The fourth-order valence-electron chi connectivity index (χ4n) is 3.62. The van der Waals surface area contributed by atoms with Crippen molar-refractivity contribution in [3.63, 3.8) is 0 Å². The zero-order valence-electron chi connectivity index (χ0n) is 17.1. The number of ether oxygens (including phenoxy) is 2. The molecule has 0 saturated carbocycles. The van der Waals surface area contributed by atoms with Crippen molar-refractivity contribution in [2.75, 3.05) is 14.2 Å². The van der Waals surface area contributed by atoms with Crippen molar-refractivity contribution in [3.8, 4) is 11.5 Å². The van der Waals surface area contributed by atoms with Crippen molar-refractivity contribution in [3.05, 3.63) is 89.4 Å². The average Bonchev–Trinajstić information content (AvgIpc) is 3.42. The molecular formula is C24H21NO6. The number of carbonyl (C=O) groups excluding carboxylic acids is 2. The number of hydrogen-bond donors (Lipinski definition) is 1. The summed E-state index contributed by atoms with van der Waals surface area (Å²) in [6.07, 6.45) is 1.47. The Kier molecular flexibility index (Phi) is 5.49. The Morgan fingerprint density at radius 2 is 1.58 bits per heavy atom. The van der Waals surface area contributed by atoms with Gasteiger partial charge in [-0.05, 0) is 54.1 Å². The van der Waals surface area contributed by atoms with Crippen LogP contribution in [0.15, 0.2) is 76.9 Å². The molecule has 1 atom stereocenters. The van der Waals surface area contributed by atoms with E-state index in [1.165, 1.54) is 18.3 Å². The smallest absolute Gasteiger partial charge is 0.296 e. The summed E-state index contributed by atoms with van der Waals surface area (Å²) in [7, 11) is 3.11. The number of hydrogen-bond acceptors (Lipinski definition) is 6. The third kappa shape index (κ3) is 3.77. The molecule has 2 heterocycles. The van der Waals surface area contributed by atoms with E-state index in [9.17, 15) is 14.7 Å². The van der Waals surface area contributed by atoms with Gasteiger partial charge in [-0.2, -0.15) is 0 Å². The minimum absolute atomic E-state index is 0.0152. The van der Waals surface area contributed by atoms with E-state index in [0.29, 0.717) is 22.8 Å². The lowest BCUT2D eigenvalue weighted by atomic mass is 9.99. The normalized spacial score (nSPS) is 17.7. The summed E-state index contributed by atoms with van der Waals surface area (Å²) in [5, 5.41) is 11.0. The van der Waals surface area contributed by atoms with E-state index in [0.717, 1.165) is 5.56 Å². The van der Waals surface area contributed by atoms with Gasteiger partial charge in [0.25, 0.3) is 11.7 Å². The summed E-state index contributed by atoms with van der Waals surface area (Å²) in [4.78, 5) is 27.3. The molecule has 1 unspecified atom stereocenters. The molecular weight excluding hydrogens is 398 g/mol. The first-order valence-electron chi connectivity index (χ1n) is 9.62. The molecule has 2 aromatic carbocycles. The lowest BCUT2D eigenvalue weighted by Gasteiger charge is -2.23. The monoisotopic (exact) mass is 419 g/mol. The maximum atomic E-state index is 13.0. The topological polar surface area (TPSA) is 89.2 Å². The molecule has 1 amide bonds. The zero-order valence-corrected chi connectivity index (χ0v) is 17.1. The molecule has 1 aromatic heterocycles. The Morgan fingerprint density at radius 3 is 2.13 bits per heavy atom. The number of methoxy groups -OCH3 is 2. The average molecular weight is 419 g/mol. The van der Waals surface area contributed by atoms with Crippen LogP contribution in [-0.2, 0) is 16.1 Å². The van der Waals surface area contributed by atoms with E-state index in [4.69, 9.17) is 13.9 Å². The van der Waals surface area contributed by atoms with Crippen LogP contribution in [0.3, 0.4) is 0 Å². The Morgan fingerprint density at radius 1 is 0.968 bits per heavy atom. The number of furan rings is 1. The molecule has 1 N–H and O–H groups in total. The van der Waals surface area contributed by atoms with Gasteiger partial charge in [-0.1, -0.05) is 12.1 Å². The molecule has 3 aromatic rings. The van der Waals surface area contributed by atoms with Gasteiger partial charge >= 0.3 is 0 Å². The second-order valence-corrected chi connectivity index (χ2v) is 7.02. The van der Waals surface area contributed by atoms with Gasteiger partial charge in [0.1, 0.15) is 29.1 Å². The fraction of sp³-hybridized carbons (Fsp3) is 0.167. The van der Waals surface area contributed by atoms with Crippen LogP contribution in [0, 0.1) is 0 Å². The highest BCUT2D eigenvalue weighted by Gasteiger charge is 2.47. The van der Waals surface area contributed by atoms with E-state index < -0.39 is 17.7 Å². The van der Waals surface area contributed by atoms with Crippen molar-refractivity contribution in [1.29, 1.82) is 0 Å². The van der Waals surface area contributed by atoms with E-state index in [-0.39, 0.29) is 17.9 Å². The van der Waals surface area contributed by atoms with Crippen LogP contribution in [0.25, 0.3) is 5.76 Å². The Labute approximate surface area is 179 Å². The maximum absolute atomic E-state index is 13.0. The van der Waals surface area contributed by atoms with Crippen molar-refractivity contribution >= 4 is 17.4 Å². The first-order chi connectivity index (χ1) is 15.0. The largest absolute Gasteiger partial charge is 0.507 e. The number of rotatable bonds is 6. The summed E-state index contributed by atoms with van der Waals surface area (Å²) < 4.78 is 15.9. The Balaban J connectivity index is 1.77. The molecule has 1 saturated heterocycles. The minimum atomic E-state index is -0.848. The summed E-state index contributed by atoms with van der Waals surface area (Å²) in [5.74, 6) is -0.0371. The highest BCUT2D eigenvalue weighted by molar-refractivity contribution is 6.46. The van der Waals surface area contributed by atoms with E-state index in [1.807, 2.05) is 12.1 Å². The molecule has 158 valence electrons. The van der Waals surface area contributed by atoms with Gasteiger partial charge in [0.05, 0.1) is 26.1 Å². The lowest BCUT2D eigenvalue weighted by molar-refractivity contribution is -0.140. The minimum Gasteiger partial charge on any atom is -0.507 e. The second kappa shape index (κ2) is 8.39. The number of Topliss-reactive ketones (excluding diaryl/α,β-unsaturated/α-hetero) is 1. The second-order valence-electron chi connectivity index (χ2n) is 7.02. The van der Waals surface area contributed by atoms with Gasteiger partial charge in [0.2, 0.25) is 0 Å². The van der Waals surface area contributed by atoms with Gasteiger partial charge in [0.15, 0.2) is 0 Å². The van der Waals surface area contributed by atoms with Crippen molar-refractivity contribution in [2.45, 2.75) is 12.6 Å². The van der Waals surface area contributed by atoms with Crippen LogP contribution in [0.4, 0.5) is 0 Å². The zero-order chi connectivity index (χ0) is 22.0. The van der Waals surface area contributed by atoms with Crippen molar-refractivity contribution < 1.29 is 28.6 Å². The SMILES string of the molecule is COc1ccc(CN2C(=O)C(=O)/C(=C(\O)c3ccc(OC)cc3)C2c2ccco2)cc1. The molecule has 0 spiro atoms. The van der Waals surface area contributed by atoms with E-state index >= 15 is 0 Å². The predicted molar refractivity (Wildman–Crippen MR) is 113 cm³/mol. The molecule has 7 heteroatoms. The van der Waals surface area contributed by atoms with Crippen LogP contribution in [0.1, 0.15) is 22.9 Å². The van der Waals surface area contributed by atoms with Gasteiger partial charge < -0.3 is 23.9 Å². The third-order valence-electron chi connectivity index (χ3n) is 5.23. The van der Waals surface area contributed by atoms with Crippen LogP contribution in [-0.4, -0.2) is 35.9 Å². The van der Waals surface area contributed by atoms with Gasteiger partial charge in [-0.15, -0.1) is 0 Å². The lowest BCUT2D eigenvalue weighted by Crippen LogP contribution is -2.29. The predicted octanol–water partition coefficient (Wildman–Crippen LogP) is 3.92. The van der Waals surface area contributed by atoms with Crippen molar-refractivity contribution in [1.82, 2.24) is 4.90 Å². The number of aliphatic hydroxyl groups excluding tert-OH is 1. The van der Waals surface area contributed by atoms with Crippen molar-refractivity contribution in [2.24, 2.45) is 0 Å². The Hall–Kier alpha value is -4.00. The van der Waals surface area contributed by atoms with Gasteiger partial charge in [-0.25, -0.2) is 0 Å².